The minimum atomic E-state index is 0.0960. The van der Waals surface area contributed by atoms with E-state index >= 15 is 0 Å². The van der Waals surface area contributed by atoms with Gasteiger partial charge < -0.3 is 15.5 Å². The SMILES string of the molecule is Cc1ccc(NCC2CNc3ccccc3N2C=O)cc1. The van der Waals surface area contributed by atoms with Gasteiger partial charge in [-0.05, 0) is 31.2 Å². The molecule has 1 unspecified atom stereocenters. The van der Waals surface area contributed by atoms with E-state index in [0.29, 0.717) is 6.54 Å². The number of carbonyl (C=O) groups excluding carboxylic acids is 1. The molecule has 0 spiro atoms. The third-order valence-corrected chi connectivity index (χ3v) is 3.81. The number of anilines is 3. The summed E-state index contributed by atoms with van der Waals surface area (Å²) in [5.74, 6) is 0. The van der Waals surface area contributed by atoms with E-state index in [-0.39, 0.29) is 6.04 Å². The number of carbonyl (C=O) groups is 1. The molecule has 0 saturated heterocycles. The highest BCUT2D eigenvalue weighted by Gasteiger charge is 2.25. The molecular formula is C17H19N3O. The molecule has 1 aliphatic rings. The summed E-state index contributed by atoms with van der Waals surface area (Å²) >= 11 is 0. The van der Waals surface area contributed by atoms with Gasteiger partial charge in [0.2, 0.25) is 6.41 Å². The first-order valence-electron chi connectivity index (χ1n) is 7.15. The highest BCUT2D eigenvalue weighted by molar-refractivity contribution is 5.86. The second-order valence-corrected chi connectivity index (χ2v) is 5.31. The second-order valence-electron chi connectivity index (χ2n) is 5.31. The van der Waals surface area contributed by atoms with Crippen molar-refractivity contribution in [3.63, 3.8) is 0 Å². The molecule has 1 amide bonds. The molecule has 3 rings (SSSR count). The number of nitrogens with one attached hydrogen (secondary N) is 2. The van der Waals surface area contributed by atoms with Crippen molar-refractivity contribution in [2.24, 2.45) is 0 Å². The molecule has 0 aromatic heterocycles. The third-order valence-electron chi connectivity index (χ3n) is 3.81. The van der Waals surface area contributed by atoms with Crippen LogP contribution in [0.4, 0.5) is 17.1 Å². The van der Waals surface area contributed by atoms with E-state index < -0.39 is 0 Å². The number of aryl methyl sites for hydroxylation is 1. The van der Waals surface area contributed by atoms with Gasteiger partial charge in [0.1, 0.15) is 0 Å². The average molecular weight is 281 g/mol. The van der Waals surface area contributed by atoms with Crippen LogP contribution in [0.25, 0.3) is 0 Å². The van der Waals surface area contributed by atoms with Crippen LogP contribution < -0.4 is 15.5 Å². The number of rotatable bonds is 4. The van der Waals surface area contributed by atoms with Crippen molar-refractivity contribution >= 4 is 23.5 Å². The lowest BCUT2D eigenvalue weighted by Gasteiger charge is -2.35. The smallest absolute Gasteiger partial charge is 0.214 e. The van der Waals surface area contributed by atoms with Crippen molar-refractivity contribution < 1.29 is 4.79 Å². The first kappa shape index (κ1) is 13.5. The van der Waals surface area contributed by atoms with Gasteiger partial charge in [-0.25, -0.2) is 0 Å². The number of hydrogen-bond donors (Lipinski definition) is 2. The molecule has 0 fully saturated rings. The Morgan fingerprint density at radius 2 is 2.00 bits per heavy atom. The molecule has 2 N–H and O–H groups in total. The molecule has 1 atom stereocenters. The fourth-order valence-corrected chi connectivity index (χ4v) is 2.59. The highest BCUT2D eigenvalue weighted by Crippen LogP contribution is 2.30. The van der Waals surface area contributed by atoms with Crippen molar-refractivity contribution in [2.45, 2.75) is 13.0 Å². The maximum Gasteiger partial charge on any atom is 0.214 e. The van der Waals surface area contributed by atoms with Crippen LogP contribution in [0.5, 0.6) is 0 Å². The zero-order valence-electron chi connectivity index (χ0n) is 12.0. The van der Waals surface area contributed by atoms with Gasteiger partial charge in [-0.3, -0.25) is 4.79 Å². The molecule has 1 aliphatic heterocycles. The van der Waals surface area contributed by atoms with Crippen LogP contribution in [0.3, 0.4) is 0 Å². The van der Waals surface area contributed by atoms with Gasteiger partial charge in [-0.2, -0.15) is 0 Å². The van der Waals surface area contributed by atoms with Gasteiger partial charge in [-0.1, -0.05) is 29.8 Å². The summed E-state index contributed by atoms with van der Waals surface area (Å²) in [6, 6.07) is 16.3. The summed E-state index contributed by atoms with van der Waals surface area (Å²) in [5, 5.41) is 6.78. The summed E-state index contributed by atoms with van der Waals surface area (Å²) < 4.78 is 0. The van der Waals surface area contributed by atoms with Gasteiger partial charge in [0.15, 0.2) is 0 Å². The number of hydrogen-bond acceptors (Lipinski definition) is 3. The Hall–Kier alpha value is -2.49. The van der Waals surface area contributed by atoms with Crippen LogP contribution in [0.1, 0.15) is 5.56 Å². The van der Waals surface area contributed by atoms with Crippen molar-refractivity contribution in [1.29, 1.82) is 0 Å². The molecule has 0 aliphatic carbocycles. The maximum absolute atomic E-state index is 11.5. The monoisotopic (exact) mass is 281 g/mol. The Balaban J connectivity index is 1.71. The molecule has 108 valence electrons. The number of amides is 1. The molecule has 0 radical (unpaired) electrons. The summed E-state index contributed by atoms with van der Waals surface area (Å²) in [7, 11) is 0. The summed E-state index contributed by atoms with van der Waals surface area (Å²) in [6.45, 7) is 3.53. The third kappa shape index (κ3) is 2.84. The number of nitrogens with zero attached hydrogens (tertiary/aromatic N) is 1. The van der Waals surface area contributed by atoms with Crippen molar-refractivity contribution in [2.75, 3.05) is 28.6 Å². The first-order chi connectivity index (χ1) is 10.3. The summed E-state index contributed by atoms with van der Waals surface area (Å²) in [5.41, 5.74) is 4.26. The highest BCUT2D eigenvalue weighted by atomic mass is 16.1. The van der Waals surface area contributed by atoms with Crippen molar-refractivity contribution in [3.8, 4) is 0 Å². The Labute approximate surface area is 124 Å². The van der Waals surface area contributed by atoms with Gasteiger partial charge in [0.05, 0.1) is 17.4 Å². The van der Waals surface area contributed by atoms with E-state index in [9.17, 15) is 4.79 Å². The fourth-order valence-electron chi connectivity index (χ4n) is 2.59. The van der Waals surface area contributed by atoms with E-state index in [1.54, 1.807) is 4.90 Å². The lowest BCUT2D eigenvalue weighted by molar-refractivity contribution is -0.107. The molecule has 2 aromatic rings. The number of para-hydroxylation sites is 2. The van der Waals surface area contributed by atoms with E-state index in [2.05, 4.69) is 41.8 Å². The summed E-state index contributed by atoms with van der Waals surface area (Å²) in [4.78, 5) is 13.3. The Morgan fingerprint density at radius 3 is 2.76 bits per heavy atom. The van der Waals surface area contributed by atoms with Gasteiger partial charge in [0, 0.05) is 18.8 Å². The Morgan fingerprint density at radius 1 is 1.24 bits per heavy atom. The Bertz CT molecular complexity index is 624. The molecule has 0 bridgehead atoms. The molecule has 4 heteroatoms. The van der Waals surface area contributed by atoms with Crippen LogP contribution in [-0.2, 0) is 4.79 Å². The van der Waals surface area contributed by atoms with Gasteiger partial charge in [-0.15, -0.1) is 0 Å². The quantitative estimate of drug-likeness (QED) is 0.847. The lowest BCUT2D eigenvalue weighted by Crippen LogP contribution is -2.47. The lowest BCUT2D eigenvalue weighted by atomic mass is 10.1. The molecule has 4 nitrogen and oxygen atoms in total. The minimum absolute atomic E-state index is 0.0960. The average Bonchev–Trinajstić information content (AvgIpc) is 2.53. The number of benzene rings is 2. The van der Waals surface area contributed by atoms with Gasteiger partial charge >= 0.3 is 0 Å². The second kappa shape index (κ2) is 5.87. The molecule has 2 aromatic carbocycles. The zero-order valence-corrected chi connectivity index (χ0v) is 12.0. The van der Waals surface area contributed by atoms with Crippen LogP contribution in [0.2, 0.25) is 0 Å². The maximum atomic E-state index is 11.5. The zero-order chi connectivity index (χ0) is 14.7. The molecule has 21 heavy (non-hydrogen) atoms. The van der Waals surface area contributed by atoms with Crippen LogP contribution >= 0.6 is 0 Å². The molecule has 1 heterocycles. The van der Waals surface area contributed by atoms with E-state index in [1.807, 2.05) is 24.3 Å². The van der Waals surface area contributed by atoms with Crippen molar-refractivity contribution in [1.82, 2.24) is 0 Å². The predicted molar refractivity (Wildman–Crippen MR) is 86.9 cm³/mol. The van der Waals surface area contributed by atoms with Crippen LogP contribution in [-0.4, -0.2) is 25.5 Å². The standard InChI is InChI=1S/C17H19N3O/c1-13-6-8-14(9-7-13)18-10-15-11-19-16-4-2-3-5-17(16)20(15)12-21/h2-9,12,15,18-19H,10-11H2,1H3. The molecular weight excluding hydrogens is 262 g/mol. The van der Waals surface area contributed by atoms with Crippen LogP contribution in [0, 0.1) is 6.92 Å². The Kier molecular flexibility index (Phi) is 3.77. The summed E-state index contributed by atoms with van der Waals surface area (Å²) in [6.07, 6.45) is 0.918. The predicted octanol–water partition coefficient (Wildman–Crippen LogP) is 2.86. The normalized spacial score (nSPS) is 16.8. The van der Waals surface area contributed by atoms with Gasteiger partial charge in [0.25, 0.3) is 0 Å². The fraction of sp³-hybridized carbons (Fsp3) is 0.235. The van der Waals surface area contributed by atoms with E-state index in [1.165, 1.54) is 5.56 Å². The topological polar surface area (TPSA) is 44.4 Å². The van der Waals surface area contributed by atoms with E-state index in [4.69, 9.17) is 0 Å². The largest absolute Gasteiger partial charge is 0.383 e. The first-order valence-corrected chi connectivity index (χ1v) is 7.15. The molecule has 0 saturated carbocycles. The van der Waals surface area contributed by atoms with E-state index in [0.717, 1.165) is 30.0 Å². The number of fused-ring (bicyclic) bond motifs is 1. The van der Waals surface area contributed by atoms with Crippen LogP contribution in [0.15, 0.2) is 48.5 Å². The minimum Gasteiger partial charge on any atom is -0.383 e. The van der Waals surface area contributed by atoms with Crippen molar-refractivity contribution in [3.05, 3.63) is 54.1 Å².